The maximum Gasteiger partial charge on any atom is 0.264 e. The van der Waals surface area contributed by atoms with Crippen molar-refractivity contribution in [1.29, 1.82) is 0 Å². The lowest BCUT2D eigenvalue weighted by atomic mass is 10.1. The van der Waals surface area contributed by atoms with Crippen molar-refractivity contribution in [3.63, 3.8) is 0 Å². The van der Waals surface area contributed by atoms with Gasteiger partial charge in [-0.1, -0.05) is 13.3 Å². The van der Waals surface area contributed by atoms with Gasteiger partial charge in [-0.2, -0.15) is 4.98 Å². The third-order valence-electron chi connectivity index (χ3n) is 5.13. The zero-order valence-corrected chi connectivity index (χ0v) is 18.9. The molecule has 1 amide bonds. The molecule has 3 heterocycles. The summed E-state index contributed by atoms with van der Waals surface area (Å²) in [5.41, 5.74) is 0.762. The standard InChI is InChI=1S/C19H27N3O5S2/c1-5-6-8-22(13-7-9-29(24,25)11-13)19(23)16-12(2)15-17(27-4)20-14(10-26-3)21-18(15)28-16/h13H,5-11H2,1-4H3. The average molecular weight is 442 g/mol. The fourth-order valence-corrected chi connectivity index (χ4v) is 6.50. The number of aromatic nitrogens is 2. The zero-order valence-electron chi connectivity index (χ0n) is 17.2. The highest BCUT2D eigenvalue weighted by molar-refractivity contribution is 7.91. The van der Waals surface area contributed by atoms with Crippen LogP contribution in [0.25, 0.3) is 10.2 Å². The lowest BCUT2D eigenvalue weighted by molar-refractivity contribution is 0.0698. The van der Waals surface area contributed by atoms with Crippen LogP contribution < -0.4 is 4.74 Å². The van der Waals surface area contributed by atoms with E-state index >= 15 is 0 Å². The Balaban J connectivity index is 2.02. The highest BCUT2D eigenvalue weighted by atomic mass is 32.2. The van der Waals surface area contributed by atoms with Crippen molar-refractivity contribution in [1.82, 2.24) is 14.9 Å². The molecule has 0 aliphatic carbocycles. The summed E-state index contributed by atoms with van der Waals surface area (Å²) < 4.78 is 34.5. The maximum absolute atomic E-state index is 13.5. The predicted molar refractivity (Wildman–Crippen MR) is 112 cm³/mol. The number of carbonyl (C=O) groups is 1. The van der Waals surface area contributed by atoms with Gasteiger partial charge in [0, 0.05) is 19.7 Å². The number of rotatable bonds is 8. The van der Waals surface area contributed by atoms with Crippen LogP contribution >= 0.6 is 11.3 Å². The molecular formula is C19H27N3O5S2. The second-order valence-electron chi connectivity index (χ2n) is 7.23. The summed E-state index contributed by atoms with van der Waals surface area (Å²) in [6.07, 6.45) is 2.24. The molecule has 8 nitrogen and oxygen atoms in total. The van der Waals surface area contributed by atoms with Gasteiger partial charge in [-0.25, -0.2) is 13.4 Å². The number of thiophene rings is 1. The monoisotopic (exact) mass is 441 g/mol. The van der Waals surface area contributed by atoms with E-state index < -0.39 is 9.84 Å². The molecular weight excluding hydrogens is 414 g/mol. The number of ether oxygens (including phenoxy) is 2. The van der Waals surface area contributed by atoms with Crippen molar-refractivity contribution in [3.8, 4) is 5.88 Å². The van der Waals surface area contributed by atoms with Crippen molar-refractivity contribution in [2.75, 3.05) is 32.3 Å². The minimum atomic E-state index is -3.09. The van der Waals surface area contributed by atoms with Crippen LogP contribution in [0.3, 0.4) is 0 Å². The number of methoxy groups -OCH3 is 2. The Kier molecular flexibility index (Phi) is 6.75. The SMILES string of the molecule is CCCCN(C(=O)c1sc2nc(COC)nc(OC)c2c1C)C1CCS(=O)(=O)C1. The van der Waals surface area contributed by atoms with E-state index in [0.29, 0.717) is 34.4 Å². The van der Waals surface area contributed by atoms with Crippen LogP contribution in [0.2, 0.25) is 0 Å². The minimum absolute atomic E-state index is 0.0352. The minimum Gasteiger partial charge on any atom is -0.480 e. The fraction of sp³-hybridized carbons (Fsp3) is 0.632. The molecule has 2 aromatic rings. The Morgan fingerprint density at radius 1 is 1.31 bits per heavy atom. The molecule has 0 radical (unpaired) electrons. The van der Waals surface area contributed by atoms with E-state index in [0.717, 1.165) is 23.8 Å². The third kappa shape index (κ3) is 4.54. The molecule has 0 N–H and O–H groups in total. The largest absolute Gasteiger partial charge is 0.480 e. The van der Waals surface area contributed by atoms with E-state index in [1.807, 2.05) is 6.92 Å². The van der Waals surface area contributed by atoms with Gasteiger partial charge in [0.05, 0.1) is 28.9 Å². The summed E-state index contributed by atoms with van der Waals surface area (Å²) in [5, 5.41) is 0.718. The number of hydrogen-bond acceptors (Lipinski definition) is 8. The number of carbonyl (C=O) groups excluding carboxylic acids is 1. The van der Waals surface area contributed by atoms with Crippen molar-refractivity contribution >= 4 is 37.3 Å². The van der Waals surface area contributed by atoms with Crippen LogP contribution in [-0.4, -0.2) is 67.5 Å². The Hall–Kier alpha value is -1.78. The molecule has 2 aromatic heterocycles. The van der Waals surface area contributed by atoms with Gasteiger partial charge in [0.25, 0.3) is 5.91 Å². The van der Waals surface area contributed by atoms with Crippen molar-refractivity contribution in [2.24, 2.45) is 0 Å². The molecule has 1 unspecified atom stereocenters. The first-order valence-electron chi connectivity index (χ1n) is 9.65. The molecule has 29 heavy (non-hydrogen) atoms. The zero-order chi connectivity index (χ0) is 21.2. The van der Waals surface area contributed by atoms with Gasteiger partial charge in [0.2, 0.25) is 5.88 Å². The number of fused-ring (bicyclic) bond motifs is 1. The second kappa shape index (κ2) is 8.93. The highest BCUT2D eigenvalue weighted by Crippen LogP contribution is 2.36. The van der Waals surface area contributed by atoms with Gasteiger partial charge < -0.3 is 14.4 Å². The van der Waals surface area contributed by atoms with Crippen LogP contribution in [0.5, 0.6) is 5.88 Å². The summed E-state index contributed by atoms with van der Waals surface area (Å²) in [6, 6.07) is -0.277. The van der Waals surface area contributed by atoms with Gasteiger partial charge in [-0.05, 0) is 25.3 Å². The number of nitrogens with zero attached hydrogens (tertiary/aromatic N) is 3. The first kappa shape index (κ1) is 21.9. The van der Waals surface area contributed by atoms with Gasteiger partial charge in [0.1, 0.15) is 11.4 Å². The second-order valence-corrected chi connectivity index (χ2v) is 10.5. The number of amides is 1. The number of unbranched alkanes of at least 4 members (excludes halogenated alkanes) is 1. The molecule has 1 atom stereocenters. The average Bonchev–Trinajstić information content (AvgIpc) is 3.21. The number of sulfone groups is 1. The van der Waals surface area contributed by atoms with E-state index in [2.05, 4.69) is 16.9 Å². The fourth-order valence-electron chi connectivity index (χ4n) is 3.62. The first-order valence-corrected chi connectivity index (χ1v) is 12.3. The van der Waals surface area contributed by atoms with Gasteiger partial charge in [-0.15, -0.1) is 11.3 Å². The molecule has 0 saturated carbocycles. The molecule has 3 rings (SSSR count). The van der Waals surface area contributed by atoms with Gasteiger partial charge >= 0.3 is 0 Å². The van der Waals surface area contributed by atoms with Crippen LogP contribution in [0.15, 0.2) is 0 Å². The predicted octanol–water partition coefficient (Wildman–Crippen LogP) is 2.58. The van der Waals surface area contributed by atoms with Crippen molar-refractivity contribution in [3.05, 3.63) is 16.3 Å². The molecule has 1 aliphatic rings. The van der Waals surface area contributed by atoms with Crippen LogP contribution in [0, 0.1) is 6.92 Å². The molecule has 1 aliphatic heterocycles. The Morgan fingerprint density at radius 2 is 2.07 bits per heavy atom. The van der Waals surface area contributed by atoms with Gasteiger partial charge in [0.15, 0.2) is 15.7 Å². The van der Waals surface area contributed by atoms with E-state index in [9.17, 15) is 13.2 Å². The van der Waals surface area contributed by atoms with Gasteiger partial charge in [-0.3, -0.25) is 4.79 Å². The number of hydrogen-bond donors (Lipinski definition) is 0. The van der Waals surface area contributed by atoms with E-state index in [-0.39, 0.29) is 30.1 Å². The highest BCUT2D eigenvalue weighted by Gasteiger charge is 2.36. The smallest absolute Gasteiger partial charge is 0.264 e. The summed E-state index contributed by atoms with van der Waals surface area (Å²) in [6.45, 7) is 4.70. The molecule has 0 bridgehead atoms. The molecule has 160 valence electrons. The summed E-state index contributed by atoms with van der Waals surface area (Å²) in [5.74, 6) is 0.934. The first-order chi connectivity index (χ1) is 13.8. The Bertz CT molecular complexity index is 1000. The van der Waals surface area contributed by atoms with E-state index in [1.54, 1.807) is 12.0 Å². The lowest BCUT2D eigenvalue weighted by Crippen LogP contribution is -2.41. The quantitative estimate of drug-likeness (QED) is 0.621. The topological polar surface area (TPSA) is 98.7 Å². The maximum atomic E-state index is 13.5. The van der Waals surface area contributed by atoms with E-state index in [1.165, 1.54) is 18.4 Å². The summed E-state index contributed by atoms with van der Waals surface area (Å²) in [7, 11) is 0.0157. The number of aryl methyl sites for hydroxylation is 1. The van der Waals surface area contributed by atoms with Crippen molar-refractivity contribution < 1.29 is 22.7 Å². The molecule has 10 heteroatoms. The third-order valence-corrected chi connectivity index (χ3v) is 8.05. The van der Waals surface area contributed by atoms with Crippen LogP contribution in [0.4, 0.5) is 0 Å². The van der Waals surface area contributed by atoms with Crippen LogP contribution in [0.1, 0.15) is 47.2 Å². The van der Waals surface area contributed by atoms with Crippen molar-refractivity contribution in [2.45, 2.75) is 45.8 Å². The molecule has 1 fully saturated rings. The van der Waals surface area contributed by atoms with E-state index in [4.69, 9.17) is 9.47 Å². The molecule has 0 spiro atoms. The molecule has 1 saturated heterocycles. The normalized spacial score (nSPS) is 18.3. The summed E-state index contributed by atoms with van der Waals surface area (Å²) >= 11 is 1.29. The molecule has 0 aromatic carbocycles. The summed E-state index contributed by atoms with van der Waals surface area (Å²) in [4.78, 5) is 25.3. The lowest BCUT2D eigenvalue weighted by Gasteiger charge is -2.28. The van der Waals surface area contributed by atoms with Crippen LogP contribution in [-0.2, 0) is 21.2 Å². The Morgan fingerprint density at radius 3 is 2.66 bits per heavy atom. The Labute approximate surface area is 175 Å².